The first-order chi connectivity index (χ1) is 8.24. The van der Waals surface area contributed by atoms with E-state index in [1.807, 2.05) is 19.1 Å². The summed E-state index contributed by atoms with van der Waals surface area (Å²) in [4.78, 5) is 0. The number of ether oxygens (including phenoxy) is 1. The van der Waals surface area contributed by atoms with Crippen molar-refractivity contribution < 1.29 is 9.84 Å². The maximum absolute atomic E-state index is 9.62. The van der Waals surface area contributed by atoms with Crippen molar-refractivity contribution in [2.24, 2.45) is 0 Å². The number of hydrogen-bond acceptors (Lipinski definition) is 3. The van der Waals surface area contributed by atoms with Crippen molar-refractivity contribution in [3.8, 4) is 5.75 Å². The predicted molar refractivity (Wildman–Crippen MR) is 68.2 cm³/mol. The van der Waals surface area contributed by atoms with Crippen molar-refractivity contribution in [2.45, 2.75) is 44.9 Å². The molecule has 0 radical (unpaired) electrons. The van der Waals surface area contributed by atoms with Crippen LogP contribution in [0, 0.1) is 0 Å². The van der Waals surface area contributed by atoms with Crippen molar-refractivity contribution in [3.63, 3.8) is 0 Å². The van der Waals surface area contributed by atoms with Gasteiger partial charge in [0.25, 0.3) is 0 Å². The van der Waals surface area contributed by atoms with E-state index in [0.29, 0.717) is 6.04 Å². The fourth-order valence-corrected chi connectivity index (χ4v) is 2.50. The molecule has 94 valence electrons. The van der Waals surface area contributed by atoms with Gasteiger partial charge in [-0.25, -0.2) is 0 Å². The summed E-state index contributed by atoms with van der Waals surface area (Å²) in [6, 6.07) is 6.60. The predicted octanol–water partition coefficient (Wildman–Crippen LogP) is 1.87. The Bertz CT molecular complexity index is 378. The van der Waals surface area contributed by atoms with Gasteiger partial charge < -0.3 is 9.84 Å². The van der Waals surface area contributed by atoms with Gasteiger partial charge in [-0.15, -0.1) is 0 Å². The van der Waals surface area contributed by atoms with Crippen molar-refractivity contribution in [1.29, 1.82) is 0 Å². The molecule has 2 rings (SSSR count). The minimum Gasteiger partial charge on any atom is -0.496 e. The molecule has 1 aromatic carbocycles. The van der Waals surface area contributed by atoms with Gasteiger partial charge in [0.05, 0.1) is 7.11 Å². The second-order valence-corrected chi connectivity index (χ2v) is 4.63. The van der Waals surface area contributed by atoms with Crippen LogP contribution < -0.4 is 10.1 Å². The third-order valence-corrected chi connectivity index (χ3v) is 3.47. The molecular weight excluding hydrogens is 214 g/mol. The highest BCUT2D eigenvalue weighted by Crippen LogP contribution is 2.29. The first-order valence-corrected chi connectivity index (χ1v) is 6.33. The van der Waals surface area contributed by atoms with E-state index in [0.717, 1.165) is 31.4 Å². The maximum Gasteiger partial charge on any atom is 0.122 e. The maximum atomic E-state index is 9.62. The van der Waals surface area contributed by atoms with Crippen LogP contribution in [-0.2, 0) is 12.8 Å². The lowest BCUT2D eigenvalue weighted by atomic mass is 9.87. The van der Waals surface area contributed by atoms with E-state index >= 15 is 0 Å². The number of rotatable bonds is 4. The molecule has 0 aromatic heterocycles. The molecule has 0 heterocycles. The van der Waals surface area contributed by atoms with E-state index in [4.69, 9.17) is 4.74 Å². The summed E-state index contributed by atoms with van der Waals surface area (Å²) in [6.45, 7) is 1.98. The average molecular weight is 235 g/mol. The van der Waals surface area contributed by atoms with E-state index in [2.05, 4.69) is 11.4 Å². The molecule has 17 heavy (non-hydrogen) atoms. The Balaban J connectivity index is 2.09. The third-order valence-electron chi connectivity index (χ3n) is 3.47. The zero-order valence-corrected chi connectivity index (χ0v) is 10.6. The van der Waals surface area contributed by atoms with Crippen LogP contribution in [0.1, 0.15) is 30.9 Å². The molecule has 0 bridgehead atoms. The highest BCUT2D eigenvalue weighted by Gasteiger charge is 2.21. The first-order valence-electron chi connectivity index (χ1n) is 6.33. The van der Waals surface area contributed by atoms with Gasteiger partial charge in [-0.3, -0.25) is 5.32 Å². The second kappa shape index (κ2) is 5.52. The molecule has 0 aliphatic heterocycles. The Labute approximate surface area is 103 Å². The van der Waals surface area contributed by atoms with Crippen molar-refractivity contribution in [2.75, 3.05) is 7.11 Å². The molecule has 1 aliphatic carbocycles. The molecule has 3 heteroatoms. The molecule has 0 amide bonds. The van der Waals surface area contributed by atoms with E-state index in [1.165, 1.54) is 11.1 Å². The van der Waals surface area contributed by atoms with Gasteiger partial charge in [0.2, 0.25) is 0 Å². The van der Waals surface area contributed by atoms with Gasteiger partial charge >= 0.3 is 0 Å². The zero-order chi connectivity index (χ0) is 12.3. The number of aliphatic hydroxyl groups excluding tert-OH is 1. The number of aliphatic hydroxyl groups is 1. The van der Waals surface area contributed by atoms with E-state index in [-0.39, 0.29) is 6.23 Å². The van der Waals surface area contributed by atoms with Gasteiger partial charge in [-0.05, 0) is 42.9 Å². The minimum atomic E-state index is -0.382. The van der Waals surface area contributed by atoms with Crippen LogP contribution >= 0.6 is 0 Å². The molecule has 2 atom stereocenters. The quantitative estimate of drug-likeness (QED) is 0.783. The Kier molecular flexibility index (Phi) is 4.02. The van der Waals surface area contributed by atoms with E-state index < -0.39 is 0 Å². The molecule has 1 aliphatic rings. The number of benzene rings is 1. The Morgan fingerprint density at radius 3 is 3.06 bits per heavy atom. The largest absolute Gasteiger partial charge is 0.496 e. The summed E-state index contributed by atoms with van der Waals surface area (Å²) in [5, 5.41) is 12.9. The highest BCUT2D eigenvalue weighted by molar-refractivity contribution is 5.42. The summed E-state index contributed by atoms with van der Waals surface area (Å²) in [5.74, 6) is 0.997. The van der Waals surface area contributed by atoms with Crippen LogP contribution in [0.2, 0.25) is 0 Å². The normalized spacial score (nSPS) is 20.8. The fraction of sp³-hybridized carbons (Fsp3) is 0.571. The van der Waals surface area contributed by atoms with Gasteiger partial charge in [0.15, 0.2) is 0 Å². The standard InChI is InChI=1S/C14H21NO2/c1-3-14(16)15-11-7-8-12-10(9-11)5-4-6-13(12)17-2/h4-6,11,14-16H,3,7-9H2,1-2H3. The molecular formula is C14H21NO2. The molecule has 3 nitrogen and oxygen atoms in total. The van der Waals surface area contributed by atoms with E-state index in [1.54, 1.807) is 7.11 Å². The second-order valence-electron chi connectivity index (χ2n) is 4.63. The molecule has 0 spiro atoms. The van der Waals surface area contributed by atoms with Gasteiger partial charge in [0.1, 0.15) is 12.0 Å². The summed E-state index contributed by atoms with van der Waals surface area (Å²) >= 11 is 0. The van der Waals surface area contributed by atoms with Gasteiger partial charge in [-0.1, -0.05) is 19.1 Å². The lowest BCUT2D eigenvalue weighted by molar-refractivity contribution is 0.115. The highest BCUT2D eigenvalue weighted by atomic mass is 16.5. The average Bonchev–Trinajstić information content (AvgIpc) is 2.37. The first kappa shape index (κ1) is 12.4. The SMILES string of the molecule is CCC(O)NC1CCc2c(cccc2OC)C1. The topological polar surface area (TPSA) is 41.5 Å². The van der Waals surface area contributed by atoms with Crippen molar-refractivity contribution in [3.05, 3.63) is 29.3 Å². The van der Waals surface area contributed by atoms with Crippen LogP contribution in [0.15, 0.2) is 18.2 Å². The van der Waals surface area contributed by atoms with Crippen LogP contribution in [0.25, 0.3) is 0 Å². The Morgan fingerprint density at radius 2 is 2.35 bits per heavy atom. The monoisotopic (exact) mass is 235 g/mol. The molecule has 1 aromatic rings. The number of fused-ring (bicyclic) bond motifs is 1. The lowest BCUT2D eigenvalue weighted by Crippen LogP contribution is -2.41. The van der Waals surface area contributed by atoms with Crippen LogP contribution in [-0.4, -0.2) is 24.5 Å². The fourth-order valence-electron chi connectivity index (χ4n) is 2.50. The summed E-state index contributed by atoms with van der Waals surface area (Å²) in [7, 11) is 1.72. The van der Waals surface area contributed by atoms with Crippen molar-refractivity contribution in [1.82, 2.24) is 5.32 Å². The van der Waals surface area contributed by atoms with Crippen LogP contribution in [0.3, 0.4) is 0 Å². The summed E-state index contributed by atoms with van der Waals surface area (Å²) in [6.07, 6.45) is 3.43. The lowest BCUT2D eigenvalue weighted by Gasteiger charge is -2.28. The molecule has 2 unspecified atom stereocenters. The molecule has 0 fully saturated rings. The summed E-state index contributed by atoms with van der Waals surface area (Å²) in [5.41, 5.74) is 2.68. The van der Waals surface area contributed by atoms with Gasteiger partial charge in [0, 0.05) is 6.04 Å². The number of methoxy groups -OCH3 is 1. The molecule has 0 saturated carbocycles. The third kappa shape index (κ3) is 2.79. The minimum absolute atomic E-state index is 0.379. The number of nitrogens with one attached hydrogen (secondary N) is 1. The Morgan fingerprint density at radius 1 is 1.53 bits per heavy atom. The summed E-state index contributed by atoms with van der Waals surface area (Å²) < 4.78 is 5.38. The van der Waals surface area contributed by atoms with Crippen molar-refractivity contribution >= 4 is 0 Å². The number of hydrogen-bond donors (Lipinski definition) is 2. The zero-order valence-electron chi connectivity index (χ0n) is 10.6. The van der Waals surface area contributed by atoms with Crippen LogP contribution in [0.5, 0.6) is 5.75 Å². The van der Waals surface area contributed by atoms with E-state index in [9.17, 15) is 5.11 Å². The van der Waals surface area contributed by atoms with Crippen LogP contribution in [0.4, 0.5) is 0 Å². The van der Waals surface area contributed by atoms with Gasteiger partial charge in [-0.2, -0.15) is 0 Å². The Hall–Kier alpha value is -1.06. The smallest absolute Gasteiger partial charge is 0.122 e. The molecule has 0 saturated heterocycles. The molecule has 2 N–H and O–H groups in total.